The summed E-state index contributed by atoms with van der Waals surface area (Å²) in [5, 5.41) is 3.36. The van der Waals surface area contributed by atoms with Gasteiger partial charge in [-0.2, -0.15) is 0 Å². The smallest absolute Gasteiger partial charge is 0.131 e. The minimum Gasteiger partial charge on any atom is -0.457 e. The average Bonchev–Trinajstić information content (AvgIpc) is 2.43. The number of aryl methyl sites for hydroxylation is 3. The minimum atomic E-state index is 0.832. The quantitative estimate of drug-likeness (QED) is 0.862. The van der Waals surface area contributed by atoms with Crippen molar-refractivity contribution < 1.29 is 4.74 Å². The largest absolute Gasteiger partial charge is 0.457 e. The predicted octanol–water partition coefficient (Wildman–Crippen LogP) is 4.51. The molecule has 0 aliphatic heterocycles. The SMILES string of the molecule is CCNCc1cc(C)ccc1Oc1ccc(C)c(C)c1. The van der Waals surface area contributed by atoms with Gasteiger partial charge in [-0.1, -0.05) is 30.7 Å². The fourth-order valence-corrected chi connectivity index (χ4v) is 2.11. The third-order valence-electron chi connectivity index (χ3n) is 3.49. The Labute approximate surface area is 121 Å². The summed E-state index contributed by atoms with van der Waals surface area (Å²) < 4.78 is 6.06. The molecule has 0 radical (unpaired) electrons. The minimum absolute atomic E-state index is 0.832. The zero-order valence-electron chi connectivity index (χ0n) is 12.8. The van der Waals surface area contributed by atoms with E-state index in [9.17, 15) is 0 Å². The Bertz CT molecular complexity index is 590. The first-order valence-corrected chi connectivity index (χ1v) is 7.15. The van der Waals surface area contributed by atoms with Crippen LogP contribution in [0.2, 0.25) is 0 Å². The Morgan fingerprint density at radius 2 is 1.75 bits per heavy atom. The zero-order chi connectivity index (χ0) is 14.5. The van der Waals surface area contributed by atoms with Crippen LogP contribution in [-0.4, -0.2) is 6.54 Å². The molecular weight excluding hydrogens is 246 g/mol. The van der Waals surface area contributed by atoms with Gasteiger partial charge in [0.1, 0.15) is 11.5 Å². The van der Waals surface area contributed by atoms with Crippen molar-refractivity contribution in [3.63, 3.8) is 0 Å². The van der Waals surface area contributed by atoms with Crippen LogP contribution in [0.1, 0.15) is 29.2 Å². The first kappa shape index (κ1) is 14.6. The fourth-order valence-electron chi connectivity index (χ4n) is 2.11. The van der Waals surface area contributed by atoms with Crippen LogP contribution in [0.4, 0.5) is 0 Å². The Morgan fingerprint density at radius 3 is 2.45 bits per heavy atom. The van der Waals surface area contributed by atoms with Gasteiger partial charge in [0.15, 0.2) is 0 Å². The monoisotopic (exact) mass is 269 g/mol. The Morgan fingerprint density at radius 1 is 0.950 bits per heavy atom. The molecule has 0 aliphatic rings. The van der Waals surface area contributed by atoms with Gasteiger partial charge in [-0.3, -0.25) is 0 Å². The molecule has 2 heteroatoms. The lowest BCUT2D eigenvalue weighted by molar-refractivity contribution is 0.472. The second-order valence-corrected chi connectivity index (χ2v) is 5.24. The van der Waals surface area contributed by atoms with Crippen molar-refractivity contribution >= 4 is 0 Å². The number of ether oxygens (including phenoxy) is 1. The van der Waals surface area contributed by atoms with E-state index in [2.05, 4.69) is 63.3 Å². The van der Waals surface area contributed by atoms with E-state index in [1.54, 1.807) is 0 Å². The molecule has 0 amide bonds. The molecule has 0 atom stereocenters. The molecule has 0 bridgehead atoms. The topological polar surface area (TPSA) is 21.3 Å². The van der Waals surface area contributed by atoms with Gasteiger partial charge in [-0.15, -0.1) is 0 Å². The highest BCUT2D eigenvalue weighted by Crippen LogP contribution is 2.27. The van der Waals surface area contributed by atoms with Crippen LogP contribution in [0, 0.1) is 20.8 Å². The van der Waals surface area contributed by atoms with Crippen molar-refractivity contribution in [3.05, 3.63) is 58.7 Å². The maximum absolute atomic E-state index is 6.06. The molecule has 1 N–H and O–H groups in total. The van der Waals surface area contributed by atoms with E-state index in [-0.39, 0.29) is 0 Å². The van der Waals surface area contributed by atoms with Gasteiger partial charge in [0.05, 0.1) is 0 Å². The van der Waals surface area contributed by atoms with Crippen LogP contribution in [0.5, 0.6) is 11.5 Å². The second-order valence-electron chi connectivity index (χ2n) is 5.24. The van der Waals surface area contributed by atoms with E-state index in [0.29, 0.717) is 0 Å². The molecule has 0 fully saturated rings. The average molecular weight is 269 g/mol. The van der Waals surface area contributed by atoms with Crippen molar-refractivity contribution in [2.75, 3.05) is 6.54 Å². The summed E-state index contributed by atoms with van der Waals surface area (Å²) in [4.78, 5) is 0. The van der Waals surface area contributed by atoms with Crippen LogP contribution in [0.15, 0.2) is 36.4 Å². The standard InChI is InChI=1S/C18H23NO/c1-5-19-12-16-10-13(2)6-9-18(16)20-17-8-7-14(3)15(4)11-17/h6-11,19H,5,12H2,1-4H3. The third kappa shape index (κ3) is 3.61. The van der Waals surface area contributed by atoms with Crippen molar-refractivity contribution in [3.8, 4) is 11.5 Å². The molecule has 0 spiro atoms. The number of nitrogens with one attached hydrogen (secondary N) is 1. The molecule has 0 saturated heterocycles. The lowest BCUT2D eigenvalue weighted by Crippen LogP contribution is -2.12. The number of rotatable bonds is 5. The van der Waals surface area contributed by atoms with E-state index in [1.165, 1.54) is 22.3 Å². The lowest BCUT2D eigenvalue weighted by Gasteiger charge is -2.13. The summed E-state index contributed by atoms with van der Waals surface area (Å²) in [6, 6.07) is 12.5. The van der Waals surface area contributed by atoms with Crippen LogP contribution < -0.4 is 10.1 Å². The molecule has 106 valence electrons. The highest BCUT2D eigenvalue weighted by Gasteiger charge is 2.06. The van der Waals surface area contributed by atoms with Crippen molar-refractivity contribution in [1.29, 1.82) is 0 Å². The lowest BCUT2D eigenvalue weighted by atomic mass is 10.1. The van der Waals surface area contributed by atoms with Gasteiger partial charge < -0.3 is 10.1 Å². The van der Waals surface area contributed by atoms with Crippen molar-refractivity contribution in [1.82, 2.24) is 5.32 Å². The second kappa shape index (κ2) is 6.58. The van der Waals surface area contributed by atoms with Gasteiger partial charge in [-0.05, 0) is 56.6 Å². The molecule has 2 nitrogen and oxygen atoms in total. The summed E-state index contributed by atoms with van der Waals surface area (Å²) in [7, 11) is 0. The van der Waals surface area contributed by atoms with Gasteiger partial charge in [0.25, 0.3) is 0 Å². The summed E-state index contributed by atoms with van der Waals surface area (Å²) in [6.07, 6.45) is 0. The van der Waals surface area contributed by atoms with Gasteiger partial charge in [0.2, 0.25) is 0 Å². The highest BCUT2D eigenvalue weighted by atomic mass is 16.5. The van der Waals surface area contributed by atoms with E-state index in [1.807, 2.05) is 6.07 Å². The van der Waals surface area contributed by atoms with Gasteiger partial charge in [0, 0.05) is 12.1 Å². The van der Waals surface area contributed by atoms with Crippen molar-refractivity contribution in [2.45, 2.75) is 34.2 Å². The molecule has 2 aromatic rings. The first-order valence-electron chi connectivity index (χ1n) is 7.15. The summed E-state index contributed by atoms with van der Waals surface area (Å²) in [6.45, 7) is 10.2. The normalized spacial score (nSPS) is 10.6. The van der Waals surface area contributed by atoms with Crippen LogP contribution in [-0.2, 0) is 6.54 Å². The summed E-state index contributed by atoms with van der Waals surface area (Å²) >= 11 is 0. The van der Waals surface area contributed by atoms with Crippen LogP contribution in [0.25, 0.3) is 0 Å². The predicted molar refractivity (Wildman–Crippen MR) is 84.5 cm³/mol. The molecular formula is C18H23NO. The van der Waals surface area contributed by atoms with E-state index in [4.69, 9.17) is 4.74 Å². The van der Waals surface area contributed by atoms with Gasteiger partial charge >= 0.3 is 0 Å². The van der Waals surface area contributed by atoms with E-state index in [0.717, 1.165) is 24.6 Å². The zero-order valence-corrected chi connectivity index (χ0v) is 12.8. The van der Waals surface area contributed by atoms with Crippen molar-refractivity contribution in [2.24, 2.45) is 0 Å². The van der Waals surface area contributed by atoms with Gasteiger partial charge in [-0.25, -0.2) is 0 Å². The Kier molecular flexibility index (Phi) is 4.80. The molecule has 0 heterocycles. The third-order valence-corrected chi connectivity index (χ3v) is 3.49. The van der Waals surface area contributed by atoms with E-state index < -0.39 is 0 Å². The molecule has 0 aliphatic carbocycles. The van der Waals surface area contributed by atoms with Crippen LogP contribution in [0.3, 0.4) is 0 Å². The summed E-state index contributed by atoms with van der Waals surface area (Å²) in [5.41, 5.74) is 4.99. The maximum atomic E-state index is 6.06. The first-order chi connectivity index (χ1) is 9.60. The molecule has 2 rings (SSSR count). The molecule has 2 aromatic carbocycles. The van der Waals surface area contributed by atoms with E-state index >= 15 is 0 Å². The molecule has 20 heavy (non-hydrogen) atoms. The molecule has 0 aromatic heterocycles. The molecule has 0 saturated carbocycles. The number of benzene rings is 2. The maximum Gasteiger partial charge on any atom is 0.131 e. The number of hydrogen-bond acceptors (Lipinski definition) is 2. The molecule has 0 unspecified atom stereocenters. The Balaban J connectivity index is 2.25. The Hall–Kier alpha value is -1.80. The number of hydrogen-bond donors (Lipinski definition) is 1. The van der Waals surface area contributed by atoms with Crippen LogP contribution >= 0.6 is 0 Å². The summed E-state index contributed by atoms with van der Waals surface area (Å²) in [5.74, 6) is 1.83. The fraction of sp³-hybridized carbons (Fsp3) is 0.333. The highest BCUT2D eigenvalue weighted by molar-refractivity contribution is 5.42.